The summed E-state index contributed by atoms with van der Waals surface area (Å²) in [6.07, 6.45) is 2.46. The second kappa shape index (κ2) is 10.5. The zero-order chi connectivity index (χ0) is 27.9. The average molecular weight is 533 g/mol. The number of nitrogens with zero attached hydrogens (tertiary/aromatic N) is 1. The maximum Gasteiger partial charge on any atom is 0.189 e. The number of ketones is 3. The van der Waals surface area contributed by atoms with Crippen molar-refractivity contribution in [3.05, 3.63) is 82.4 Å². The van der Waals surface area contributed by atoms with Crippen molar-refractivity contribution < 1.29 is 29.0 Å². The summed E-state index contributed by atoms with van der Waals surface area (Å²) in [6, 6.07) is 10.2. The second-order valence-corrected chi connectivity index (χ2v) is 11.0. The van der Waals surface area contributed by atoms with Gasteiger partial charge in [-0.15, -0.1) is 0 Å². The molecule has 2 saturated heterocycles. The molecule has 3 N–H and O–H groups in total. The highest BCUT2D eigenvalue weighted by Gasteiger charge is 2.54. The third-order valence-electron chi connectivity index (χ3n) is 8.30. The minimum absolute atomic E-state index is 0.0486. The Labute approximate surface area is 227 Å². The molecule has 0 bridgehead atoms. The van der Waals surface area contributed by atoms with E-state index >= 15 is 0 Å². The van der Waals surface area contributed by atoms with Crippen LogP contribution in [0.2, 0.25) is 0 Å². The van der Waals surface area contributed by atoms with Gasteiger partial charge in [-0.2, -0.15) is 0 Å². The Bertz CT molecular complexity index is 1400. The monoisotopic (exact) mass is 532 g/mol. The van der Waals surface area contributed by atoms with Crippen molar-refractivity contribution in [2.24, 2.45) is 17.3 Å². The van der Waals surface area contributed by atoms with E-state index in [0.29, 0.717) is 31.6 Å². The van der Waals surface area contributed by atoms with Crippen LogP contribution in [-0.4, -0.2) is 65.7 Å². The highest BCUT2D eigenvalue weighted by atomic mass is 19.1. The van der Waals surface area contributed by atoms with Crippen molar-refractivity contribution in [3.63, 3.8) is 0 Å². The van der Waals surface area contributed by atoms with Crippen molar-refractivity contribution in [3.8, 4) is 5.75 Å². The number of Topliss-reactive ketones (excluding diaryl/α,β-unsaturated/α-hetero) is 3. The first kappa shape index (κ1) is 27.0. The molecule has 204 valence electrons. The number of hydrogen-bond donors (Lipinski definition) is 3. The van der Waals surface area contributed by atoms with Crippen molar-refractivity contribution in [1.29, 1.82) is 0 Å². The van der Waals surface area contributed by atoms with E-state index in [9.17, 15) is 29.0 Å². The molecular weight excluding hydrogens is 499 g/mol. The van der Waals surface area contributed by atoms with E-state index < -0.39 is 34.6 Å². The molecule has 2 aromatic rings. The minimum Gasteiger partial charge on any atom is -0.508 e. The number of piperidine rings is 1. The fourth-order valence-electron chi connectivity index (χ4n) is 6.18. The number of aliphatic hydroxyl groups excluding tert-OH is 1. The molecule has 0 spiro atoms. The molecule has 2 unspecified atom stereocenters. The molecule has 0 radical (unpaired) electrons. The SMILES string of the molecule is Cc1c(F)cccc1C1=C(C(=O)c2cccc(O)c2)CC(C(=O)C2CCCNC2)(C(=O)C2CN(C)C2)C=C1O. The van der Waals surface area contributed by atoms with Gasteiger partial charge in [-0.3, -0.25) is 14.4 Å². The van der Waals surface area contributed by atoms with Gasteiger partial charge in [0.25, 0.3) is 0 Å². The number of benzene rings is 2. The Morgan fingerprint density at radius 2 is 1.77 bits per heavy atom. The number of carbonyl (C=O) groups is 3. The van der Waals surface area contributed by atoms with E-state index in [0.717, 1.165) is 13.0 Å². The molecule has 0 saturated carbocycles. The first-order valence-electron chi connectivity index (χ1n) is 13.3. The van der Waals surface area contributed by atoms with Crippen LogP contribution in [0, 0.1) is 30.0 Å². The molecule has 1 aliphatic carbocycles. The normalized spacial score (nSPS) is 24.2. The smallest absolute Gasteiger partial charge is 0.189 e. The van der Waals surface area contributed by atoms with Crippen LogP contribution < -0.4 is 5.32 Å². The van der Waals surface area contributed by atoms with Crippen LogP contribution >= 0.6 is 0 Å². The molecule has 8 heteroatoms. The molecule has 2 aromatic carbocycles. The van der Waals surface area contributed by atoms with Gasteiger partial charge < -0.3 is 20.4 Å². The molecule has 5 rings (SSSR count). The van der Waals surface area contributed by atoms with Crippen LogP contribution in [0.15, 0.2) is 59.9 Å². The lowest BCUT2D eigenvalue weighted by Crippen LogP contribution is -2.56. The summed E-state index contributed by atoms with van der Waals surface area (Å²) in [5.41, 5.74) is -0.898. The molecule has 2 aliphatic heterocycles. The largest absolute Gasteiger partial charge is 0.508 e. The van der Waals surface area contributed by atoms with E-state index in [1.165, 1.54) is 42.5 Å². The van der Waals surface area contributed by atoms with Gasteiger partial charge in [0.15, 0.2) is 17.3 Å². The van der Waals surface area contributed by atoms with Crippen molar-refractivity contribution >= 4 is 22.9 Å². The van der Waals surface area contributed by atoms with Gasteiger partial charge in [-0.05, 0) is 68.8 Å². The third kappa shape index (κ3) is 4.83. The Hall–Kier alpha value is -3.62. The predicted octanol–water partition coefficient (Wildman–Crippen LogP) is 4.01. The number of phenols is 1. The Morgan fingerprint density at radius 1 is 1.05 bits per heavy atom. The van der Waals surface area contributed by atoms with Crippen molar-refractivity contribution in [2.75, 3.05) is 33.2 Å². The van der Waals surface area contributed by atoms with Gasteiger partial charge in [0.05, 0.1) is 0 Å². The van der Waals surface area contributed by atoms with Gasteiger partial charge in [0.1, 0.15) is 22.7 Å². The molecule has 7 nitrogen and oxygen atoms in total. The van der Waals surface area contributed by atoms with E-state index in [-0.39, 0.29) is 46.0 Å². The number of phenolic OH excluding ortho intramolecular Hbond substituents is 1. The highest BCUT2D eigenvalue weighted by Crippen LogP contribution is 2.47. The van der Waals surface area contributed by atoms with E-state index in [2.05, 4.69) is 5.32 Å². The lowest BCUT2D eigenvalue weighted by molar-refractivity contribution is -0.145. The number of aliphatic hydroxyl groups is 1. The molecule has 0 aromatic heterocycles. The molecule has 0 amide bonds. The van der Waals surface area contributed by atoms with Gasteiger partial charge in [-0.1, -0.05) is 24.3 Å². The fourth-order valence-corrected chi connectivity index (χ4v) is 6.18. The first-order valence-corrected chi connectivity index (χ1v) is 13.3. The lowest BCUT2D eigenvalue weighted by Gasteiger charge is -2.43. The summed E-state index contributed by atoms with van der Waals surface area (Å²) >= 11 is 0. The first-order chi connectivity index (χ1) is 18.6. The summed E-state index contributed by atoms with van der Waals surface area (Å²) in [4.78, 5) is 44.4. The van der Waals surface area contributed by atoms with Gasteiger partial charge in [0.2, 0.25) is 0 Å². The fraction of sp³-hybridized carbons (Fsp3) is 0.387. The Balaban J connectivity index is 1.70. The number of nitrogens with one attached hydrogen (secondary N) is 1. The molecular formula is C31H33FN2O5. The second-order valence-electron chi connectivity index (χ2n) is 11.0. The summed E-state index contributed by atoms with van der Waals surface area (Å²) < 4.78 is 14.7. The Morgan fingerprint density at radius 3 is 2.44 bits per heavy atom. The number of halogens is 1. The van der Waals surface area contributed by atoms with Crippen LogP contribution in [-0.2, 0) is 9.59 Å². The summed E-state index contributed by atoms with van der Waals surface area (Å²) in [5.74, 6) is -3.03. The topological polar surface area (TPSA) is 107 Å². The molecule has 2 fully saturated rings. The highest BCUT2D eigenvalue weighted by molar-refractivity contribution is 6.19. The lowest BCUT2D eigenvalue weighted by atomic mass is 9.61. The van der Waals surface area contributed by atoms with Gasteiger partial charge >= 0.3 is 0 Å². The average Bonchev–Trinajstić information content (AvgIpc) is 2.92. The summed E-state index contributed by atoms with van der Waals surface area (Å²) in [7, 11) is 1.89. The summed E-state index contributed by atoms with van der Waals surface area (Å²) in [5, 5.41) is 24.9. The van der Waals surface area contributed by atoms with E-state index in [1.807, 2.05) is 11.9 Å². The van der Waals surface area contributed by atoms with E-state index in [4.69, 9.17) is 0 Å². The van der Waals surface area contributed by atoms with Crippen LogP contribution in [0.4, 0.5) is 4.39 Å². The maximum absolute atomic E-state index is 14.7. The van der Waals surface area contributed by atoms with Crippen molar-refractivity contribution in [2.45, 2.75) is 26.2 Å². The number of carbonyl (C=O) groups excluding carboxylic acids is 3. The molecule has 2 atom stereocenters. The number of allylic oxidation sites excluding steroid dienone is 3. The number of likely N-dealkylation sites (tertiary alicyclic amines) is 1. The number of hydrogen-bond acceptors (Lipinski definition) is 7. The Kier molecular flexibility index (Phi) is 7.27. The van der Waals surface area contributed by atoms with Crippen molar-refractivity contribution in [1.82, 2.24) is 10.2 Å². The predicted molar refractivity (Wildman–Crippen MR) is 145 cm³/mol. The van der Waals surface area contributed by atoms with Crippen LogP contribution in [0.5, 0.6) is 5.75 Å². The number of rotatable bonds is 7. The molecule has 3 aliphatic rings. The number of aromatic hydroxyl groups is 1. The zero-order valence-corrected chi connectivity index (χ0v) is 22.2. The minimum atomic E-state index is -1.73. The quantitative estimate of drug-likeness (QED) is 0.365. The third-order valence-corrected chi connectivity index (χ3v) is 8.30. The maximum atomic E-state index is 14.7. The van der Waals surface area contributed by atoms with E-state index in [1.54, 1.807) is 13.0 Å². The van der Waals surface area contributed by atoms with Crippen LogP contribution in [0.3, 0.4) is 0 Å². The summed E-state index contributed by atoms with van der Waals surface area (Å²) in [6.45, 7) is 3.73. The van der Waals surface area contributed by atoms with Gasteiger partial charge in [-0.25, -0.2) is 4.39 Å². The zero-order valence-electron chi connectivity index (χ0n) is 22.2. The van der Waals surface area contributed by atoms with Gasteiger partial charge in [0, 0.05) is 54.6 Å². The standard InChI is InChI=1S/C31H33FN2O5/c1-18-23(9-4-10-25(18)32)27-24(28(37)19-6-3-8-22(35)12-19)13-31(14-26(27)36,30(39)21-16-34(2)17-21)29(38)20-7-5-11-33-15-20/h3-4,6,8-10,12,14,20-21,33,35-36H,5,7,11,13,15-17H2,1-2H3. The van der Waals surface area contributed by atoms with Crippen LogP contribution in [0.1, 0.15) is 40.7 Å². The molecule has 2 heterocycles. The molecule has 39 heavy (non-hydrogen) atoms. The van der Waals surface area contributed by atoms with Crippen LogP contribution in [0.25, 0.3) is 5.57 Å².